The van der Waals surface area contributed by atoms with Crippen molar-refractivity contribution in [3.8, 4) is 5.75 Å². The third-order valence-electron chi connectivity index (χ3n) is 1.72. The molecule has 0 saturated heterocycles. The van der Waals surface area contributed by atoms with Gasteiger partial charge in [-0.25, -0.2) is 0 Å². The Morgan fingerprint density at radius 3 is 3.18 bits per heavy atom. The van der Waals surface area contributed by atoms with Gasteiger partial charge in [-0.1, -0.05) is 6.07 Å². The van der Waals surface area contributed by atoms with Gasteiger partial charge in [0.05, 0.1) is 6.26 Å². The number of anilines is 1. The van der Waals surface area contributed by atoms with Crippen molar-refractivity contribution in [2.75, 3.05) is 5.73 Å². The van der Waals surface area contributed by atoms with Crippen LogP contribution in [0.25, 0.3) is 0 Å². The molecule has 56 valence electrons. The lowest BCUT2D eigenvalue weighted by atomic mass is 10.1. The molecule has 1 heterocycles. The van der Waals surface area contributed by atoms with Crippen molar-refractivity contribution in [2.24, 2.45) is 0 Å². The summed E-state index contributed by atoms with van der Waals surface area (Å²) in [6.07, 6.45) is 4.62. The number of hydrogen-bond acceptors (Lipinski definition) is 2. The van der Waals surface area contributed by atoms with Crippen LogP contribution in [0, 0.1) is 0 Å². The molecule has 1 aromatic rings. The van der Waals surface area contributed by atoms with Gasteiger partial charge in [-0.05, 0) is 24.1 Å². The number of nitrogens with two attached hydrogens (primary N) is 1. The molecule has 0 fully saturated rings. The monoisotopic (exact) mass is 147 g/mol. The minimum atomic E-state index is 0.749. The Morgan fingerprint density at radius 2 is 2.27 bits per heavy atom. The van der Waals surface area contributed by atoms with E-state index in [1.807, 2.05) is 24.3 Å². The first-order valence-corrected chi connectivity index (χ1v) is 3.56. The Morgan fingerprint density at radius 1 is 1.36 bits per heavy atom. The Hall–Kier alpha value is -1.44. The quantitative estimate of drug-likeness (QED) is 0.567. The molecule has 1 aliphatic heterocycles. The molecule has 0 aliphatic carbocycles. The van der Waals surface area contributed by atoms with Gasteiger partial charge in [0, 0.05) is 11.8 Å². The Labute approximate surface area is 65.3 Å². The zero-order chi connectivity index (χ0) is 7.68. The zero-order valence-electron chi connectivity index (χ0n) is 6.08. The maximum absolute atomic E-state index is 5.58. The van der Waals surface area contributed by atoms with Gasteiger partial charge in [0.1, 0.15) is 5.75 Å². The molecule has 0 atom stereocenters. The largest absolute Gasteiger partial charge is 0.465 e. The van der Waals surface area contributed by atoms with E-state index in [0.29, 0.717) is 0 Å². The third-order valence-corrected chi connectivity index (χ3v) is 1.72. The summed E-state index contributed by atoms with van der Waals surface area (Å²) in [6, 6.07) is 5.73. The normalized spacial score (nSPS) is 13.8. The maximum atomic E-state index is 5.58. The number of rotatable bonds is 0. The van der Waals surface area contributed by atoms with Crippen LogP contribution in [0.15, 0.2) is 30.5 Å². The number of hydrogen-bond donors (Lipinski definition) is 1. The second kappa shape index (κ2) is 2.31. The van der Waals surface area contributed by atoms with Crippen molar-refractivity contribution in [1.29, 1.82) is 0 Å². The van der Waals surface area contributed by atoms with Crippen LogP contribution in [0.3, 0.4) is 0 Å². The molecule has 1 aromatic carbocycles. The van der Waals surface area contributed by atoms with Crippen molar-refractivity contribution in [2.45, 2.75) is 6.42 Å². The SMILES string of the molecule is Nc1ccc2c(c1)OC=CC2. The second-order valence-corrected chi connectivity index (χ2v) is 2.56. The van der Waals surface area contributed by atoms with Gasteiger partial charge in [-0.2, -0.15) is 0 Å². The molecule has 0 amide bonds. The number of allylic oxidation sites excluding steroid dienone is 1. The Kier molecular flexibility index (Phi) is 1.32. The molecule has 0 bridgehead atoms. The number of benzene rings is 1. The average Bonchev–Trinajstić information content (AvgIpc) is 2.04. The van der Waals surface area contributed by atoms with Crippen molar-refractivity contribution in [3.05, 3.63) is 36.1 Å². The van der Waals surface area contributed by atoms with Crippen molar-refractivity contribution < 1.29 is 4.74 Å². The third kappa shape index (κ3) is 1.07. The zero-order valence-corrected chi connectivity index (χ0v) is 6.08. The fraction of sp³-hybridized carbons (Fsp3) is 0.111. The summed E-state index contributed by atoms with van der Waals surface area (Å²) >= 11 is 0. The molecular formula is C9H9NO. The van der Waals surface area contributed by atoms with Gasteiger partial charge >= 0.3 is 0 Å². The summed E-state index contributed by atoms with van der Waals surface area (Å²) < 4.78 is 5.24. The molecule has 0 aromatic heterocycles. The highest BCUT2D eigenvalue weighted by Gasteiger charge is 2.04. The van der Waals surface area contributed by atoms with E-state index in [9.17, 15) is 0 Å². The van der Waals surface area contributed by atoms with E-state index >= 15 is 0 Å². The minimum Gasteiger partial charge on any atom is -0.465 e. The molecule has 11 heavy (non-hydrogen) atoms. The van der Waals surface area contributed by atoms with Crippen molar-refractivity contribution in [1.82, 2.24) is 0 Å². The lowest BCUT2D eigenvalue weighted by Crippen LogP contribution is -1.97. The molecule has 0 spiro atoms. The van der Waals surface area contributed by atoms with Crippen LogP contribution in [-0.2, 0) is 6.42 Å². The maximum Gasteiger partial charge on any atom is 0.132 e. The highest BCUT2D eigenvalue weighted by Crippen LogP contribution is 2.25. The van der Waals surface area contributed by atoms with Crippen LogP contribution in [0.1, 0.15) is 5.56 Å². The minimum absolute atomic E-state index is 0.749. The lowest BCUT2D eigenvalue weighted by molar-refractivity contribution is 0.465. The number of nitrogen functional groups attached to an aromatic ring is 1. The molecule has 2 N–H and O–H groups in total. The molecule has 2 rings (SSSR count). The summed E-state index contributed by atoms with van der Waals surface area (Å²) in [4.78, 5) is 0. The molecule has 1 aliphatic rings. The second-order valence-electron chi connectivity index (χ2n) is 2.56. The highest BCUT2D eigenvalue weighted by atomic mass is 16.5. The van der Waals surface area contributed by atoms with Gasteiger partial charge < -0.3 is 10.5 Å². The van der Waals surface area contributed by atoms with Gasteiger partial charge in [0.2, 0.25) is 0 Å². The van der Waals surface area contributed by atoms with Gasteiger partial charge in [0.25, 0.3) is 0 Å². The molecule has 0 radical (unpaired) electrons. The lowest BCUT2D eigenvalue weighted by Gasteiger charge is -2.11. The fourth-order valence-electron chi connectivity index (χ4n) is 1.15. The topological polar surface area (TPSA) is 35.2 Å². The van der Waals surface area contributed by atoms with Crippen molar-refractivity contribution in [3.63, 3.8) is 0 Å². The fourth-order valence-corrected chi connectivity index (χ4v) is 1.15. The van der Waals surface area contributed by atoms with Gasteiger partial charge in [0.15, 0.2) is 0 Å². The first kappa shape index (κ1) is 6.28. The summed E-state index contributed by atoms with van der Waals surface area (Å²) in [5, 5.41) is 0. The van der Waals surface area contributed by atoms with Crippen LogP contribution in [-0.4, -0.2) is 0 Å². The van der Waals surface area contributed by atoms with Crippen LogP contribution in [0.2, 0.25) is 0 Å². The van der Waals surface area contributed by atoms with Crippen LogP contribution in [0.4, 0.5) is 5.69 Å². The Balaban J connectivity index is 2.48. The molecule has 0 unspecified atom stereocenters. The van der Waals surface area contributed by atoms with E-state index in [1.54, 1.807) is 6.26 Å². The summed E-state index contributed by atoms with van der Waals surface area (Å²) in [6.45, 7) is 0. The van der Waals surface area contributed by atoms with Crippen molar-refractivity contribution >= 4 is 5.69 Å². The van der Waals surface area contributed by atoms with Gasteiger partial charge in [-0.15, -0.1) is 0 Å². The van der Waals surface area contributed by atoms with E-state index in [-0.39, 0.29) is 0 Å². The van der Waals surface area contributed by atoms with Crippen LogP contribution < -0.4 is 10.5 Å². The van der Waals surface area contributed by atoms with Crippen LogP contribution in [0.5, 0.6) is 5.75 Å². The first-order chi connectivity index (χ1) is 5.36. The molecule has 0 saturated carbocycles. The number of fused-ring (bicyclic) bond motifs is 1. The highest BCUT2D eigenvalue weighted by molar-refractivity contribution is 5.50. The van der Waals surface area contributed by atoms with E-state index in [2.05, 4.69) is 0 Å². The summed E-state index contributed by atoms with van der Waals surface area (Å²) in [5.74, 6) is 0.882. The van der Waals surface area contributed by atoms with E-state index in [4.69, 9.17) is 10.5 Å². The average molecular weight is 147 g/mol. The first-order valence-electron chi connectivity index (χ1n) is 3.56. The molecular weight excluding hydrogens is 138 g/mol. The van der Waals surface area contributed by atoms with E-state index < -0.39 is 0 Å². The number of ether oxygens (including phenoxy) is 1. The predicted octanol–water partition coefficient (Wildman–Crippen LogP) is 1.72. The molecule has 2 heteroatoms. The van der Waals surface area contributed by atoms with Gasteiger partial charge in [-0.3, -0.25) is 0 Å². The summed E-state index contributed by atoms with van der Waals surface area (Å²) in [7, 11) is 0. The van der Waals surface area contributed by atoms with E-state index in [1.165, 1.54) is 5.56 Å². The van der Waals surface area contributed by atoms with E-state index in [0.717, 1.165) is 17.9 Å². The molecule has 2 nitrogen and oxygen atoms in total. The smallest absolute Gasteiger partial charge is 0.132 e. The summed E-state index contributed by atoms with van der Waals surface area (Å²) in [5.41, 5.74) is 7.52. The Bertz CT molecular complexity index is 304. The standard InChI is InChI=1S/C9H9NO/c10-8-4-3-7-2-1-5-11-9(7)6-8/h1,3-6H,2,10H2. The predicted molar refractivity (Wildman–Crippen MR) is 44.3 cm³/mol. The van der Waals surface area contributed by atoms with Crippen LogP contribution >= 0.6 is 0 Å².